The van der Waals surface area contributed by atoms with Gasteiger partial charge in [0.2, 0.25) is 0 Å². The molecule has 15 heavy (non-hydrogen) atoms. The van der Waals surface area contributed by atoms with Crippen molar-refractivity contribution < 1.29 is 0 Å². The molecule has 1 aliphatic rings. The summed E-state index contributed by atoms with van der Waals surface area (Å²) >= 11 is 1.86. The van der Waals surface area contributed by atoms with E-state index in [4.69, 9.17) is 0 Å². The third kappa shape index (κ3) is 1.50. The van der Waals surface area contributed by atoms with Gasteiger partial charge in [-0.2, -0.15) is 0 Å². The topological polar surface area (TPSA) is 3.24 Å². The Bertz CT molecular complexity index is 487. The van der Waals surface area contributed by atoms with Crippen molar-refractivity contribution in [2.24, 2.45) is 0 Å². The van der Waals surface area contributed by atoms with Crippen LogP contribution in [0.3, 0.4) is 0 Å². The molecule has 1 aromatic carbocycles. The van der Waals surface area contributed by atoms with Gasteiger partial charge in [0.15, 0.2) is 0 Å². The van der Waals surface area contributed by atoms with Gasteiger partial charge < -0.3 is 0 Å². The second kappa shape index (κ2) is 3.47. The lowest BCUT2D eigenvalue weighted by Gasteiger charge is -2.13. The van der Waals surface area contributed by atoms with E-state index in [9.17, 15) is 0 Å². The summed E-state index contributed by atoms with van der Waals surface area (Å²) in [6, 6.07) is 11.0. The van der Waals surface area contributed by atoms with Gasteiger partial charge in [-0.05, 0) is 35.2 Å². The number of hydrogen-bond donors (Lipinski definition) is 0. The highest BCUT2D eigenvalue weighted by atomic mass is 32.1. The maximum absolute atomic E-state index is 2.38. The molecule has 3 rings (SSSR count). The minimum atomic E-state index is 1.05. The standard InChI is InChI=1S/C13H13NS/c1-14-8-10-4-2-3-5-11(10)12-6-7-15-13(12)9-14/h2-7H,8-9H2,1H3. The van der Waals surface area contributed by atoms with Crippen LogP contribution in [0, 0.1) is 0 Å². The molecule has 76 valence electrons. The van der Waals surface area contributed by atoms with Crippen LogP contribution in [0.25, 0.3) is 11.1 Å². The third-order valence-electron chi connectivity index (χ3n) is 2.91. The zero-order chi connectivity index (χ0) is 10.3. The lowest BCUT2D eigenvalue weighted by molar-refractivity contribution is 0.325. The highest BCUT2D eigenvalue weighted by molar-refractivity contribution is 7.10. The first-order valence-corrected chi connectivity index (χ1v) is 6.06. The Balaban J connectivity index is 2.25. The number of fused-ring (bicyclic) bond motifs is 3. The molecule has 2 heteroatoms. The van der Waals surface area contributed by atoms with Crippen LogP contribution in [-0.4, -0.2) is 11.9 Å². The molecule has 1 nitrogen and oxygen atoms in total. The van der Waals surface area contributed by atoms with Crippen LogP contribution in [0.2, 0.25) is 0 Å². The fourth-order valence-electron chi connectivity index (χ4n) is 2.22. The third-order valence-corrected chi connectivity index (χ3v) is 3.81. The second-order valence-electron chi connectivity index (χ2n) is 4.09. The van der Waals surface area contributed by atoms with Crippen LogP contribution in [-0.2, 0) is 13.1 Å². The largest absolute Gasteiger partial charge is 0.297 e. The zero-order valence-corrected chi connectivity index (χ0v) is 9.55. The summed E-state index contributed by atoms with van der Waals surface area (Å²) in [5.74, 6) is 0. The van der Waals surface area contributed by atoms with Crippen molar-refractivity contribution in [2.45, 2.75) is 13.1 Å². The SMILES string of the molecule is CN1Cc2ccccc2-c2ccsc2C1. The molecule has 1 aromatic heterocycles. The molecule has 0 fully saturated rings. The van der Waals surface area contributed by atoms with E-state index in [1.807, 2.05) is 11.3 Å². The molecule has 2 aromatic rings. The number of rotatable bonds is 0. The molecule has 0 saturated carbocycles. The lowest BCUT2D eigenvalue weighted by Crippen LogP contribution is -2.14. The number of thiophene rings is 1. The molecule has 0 atom stereocenters. The van der Waals surface area contributed by atoms with Gasteiger partial charge in [-0.15, -0.1) is 11.3 Å². The Morgan fingerprint density at radius 1 is 1.07 bits per heavy atom. The van der Waals surface area contributed by atoms with E-state index in [1.165, 1.54) is 21.6 Å². The highest BCUT2D eigenvalue weighted by Crippen LogP contribution is 2.34. The van der Waals surface area contributed by atoms with E-state index in [0.29, 0.717) is 0 Å². The fourth-order valence-corrected chi connectivity index (χ4v) is 3.18. The fraction of sp³-hybridized carbons (Fsp3) is 0.231. The van der Waals surface area contributed by atoms with E-state index in [0.717, 1.165) is 13.1 Å². The van der Waals surface area contributed by atoms with E-state index in [-0.39, 0.29) is 0 Å². The first-order valence-electron chi connectivity index (χ1n) is 5.18. The van der Waals surface area contributed by atoms with Crippen molar-refractivity contribution in [3.05, 3.63) is 46.2 Å². The molecule has 0 spiro atoms. The Hall–Kier alpha value is -1.12. The van der Waals surface area contributed by atoms with Crippen LogP contribution in [0.1, 0.15) is 10.4 Å². The first-order chi connectivity index (χ1) is 7.34. The van der Waals surface area contributed by atoms with Gasteiger partial charge in [0.25, 0.3) is 0 Å². The molecule has 2 heterocycles. The second-order valence-corrected chi connectivity index (χ2v) is 5.09. The molecule has 0 unspecified atom stereocenters. The van der Waals surface area contributed by atoms with Crippen molar-refractivity contribution in [2.75, 3.05) is 7.05 Å². The summed E-state index contributed by atoms with van der Waals surface area (Å²) in [4.78, 5) is 3.86. The lowest BCUT2D eigenvalue weighted by atomic mass is 10.0. The monoisotopic (exact) mass is 215 g/mol. The van der Waals surface area contributed by atoms with E-state index in [2.05, 4.69) is 47.7 Å². The molecule has 0 N–H and O–H groups in total. The summed E-state index contributed by atoms with van der Waals surface area (Å²) in [6.07, 6.45) is 0. The van der Waals surface area contributed by atoms with Crippen LogP contribution in [0.4, 0.5) is 0 Å². The highest BCUT2D eigenvalue weighted by Gasteiger charge is 2.17. The van der Waals surface area contributed by atoms with Gasteiger partial charge in [-0.3, -0.25) is 4.90 Å². The van der Waals surface area contributed by atoms with Crippen molar-refractivity contribution in [3.8, 4) is 11.1 Å². The maximum Gasteiger partial charge on any atom is 0.0334 e. The predicted molar refractivity (Wildman–Crippen MR) is 64.9 cm³/mol. The summed E-state index contributed by atoms with van der Waals surface area (Å²) < 4.78 is 0. The number of hydrogen-bond acceptors (Lipinski definition) is 2. The van der Waals surface area contributed by atoms with E-state index < -0.39 is 0 Å². The average molecular weight is 215 g/mol. The average Bonchev–Trinajstić information content (AvgIpc) is 2.62. The predicted octanol–water partition coefficient (Wildman–Crippen LogP) is 3.36. The molecule has 0 amide bonds. The molecular formula is C13H13NS. The molecule has 0 radical (unpaired) electrons. The smallest absolute Gasteiger partial charge is 0.0334 e. The number of benzene rings is 1. The van der Waals surface area contributed by atoms with Crippen LogP contribution in [0.15, 0.2) is 35.7 Å². The minimum Gasteiger partial charge on any atom is -0.297 e. The van der Waals surface area contributed by atoms with Gasteiger partial charge in [0.05, 0.1) is 0 Å². The Kier molecular flexibility index (Phi) is 2.11. The molecule has 0 saturated heterocycles. The van der Waals surface area contributed by atoms with Crippen LogP contribution >= 0.6 is 11.3 Å². The van der Waals surface area contributed by atoms with Gasteiger partial charge in [-0.25, -0.2) is 0 Å². The Labute approximate surface area is 94.0 Å². The van der Waals surface area contributed by atoms with E-state index >= 15 is 0 Å². The van der Waals surface area contributed by atoms with Crippen LogP contribution < -0.4 is 0 Å². The van der Waals surface area contributed by atoms with Gasteiger partial charge in [0.1, 0.15) is 0 Å². The van der Waals surface area contributed by atoms with Crippen molar-refractivity contribution in [1.82, 2.24) is 4.90 Å². The summed E-state index contributed by atoms with van der Waals surface area (Å²) in [7, 11) is 2.19. The zero-order valence-electron chi connectivity index (χ0n) is 8.73. The van der Waals surface area contributed by atoms with Gasteiger partial charge in [-0.1, -0.05) is 24.3 Å². The van der Waals surface area contributed by atoms with Crippen molar-refractivity contribution in [3.63, 3.8) is 0 Å². The molecular weight excluding hydrogens is 202 g/mol. The molecule has 0 bridgehead atoms. The van der Waals surface area contributed by atoms with Crippen LogP contribution in [0.5, 0.6) is 0 Å². The van der Waals surface area contributed by atoms with Crippen molar-refractivity contribution in [1.29, 1.82) is 0 Å². The Morgan fingerprint density at radius 2 is 1.93 bits per heavy atom. The number of nitrogens with zero attached hydrogens (tertiary/aromatic N) is 1. The summed E-state index contributed by atoms with van der Waals surface area (Å²) in [6.45, 7) is 2.12. The summed E-state index contributed by atoms with van der Waals surface area (Å²) in [5, 5.41) is 2.20. The Morgan fingerprint density at radius 3 is 2.87 bits per heavy atom. The molecule has 1 aliphatic heterocycles. The van der Waals surface area contributed by atoms with Crippen molar-refractivity contribution >= 4 is 11.3 Å². The first kappa shape index (κ1) is 9.13. The van der Waals surface area contributed by atoms with E-state index in [1.54, 1.807) is 0 Å². The molecule has 0 aliphatic carbocycles. The van der Waals surface area contributed by atoms with Gasteiger partial charge in [0, 0.05) is 18.0 Å². The van der Waals surface area contributed by atoms with Gasteiger partial charge >= 0.3 is 0 Å². The maximum atomic E-state index is 2.38. The normalized spacial score (nSPS) is 15.5. The minimum absolute atomic E-state index is 1.05. The quantitative estimate of drug-likeness (QED) is 0.651. The summed E-state index contributed by atoms with van der Waals surface area (Å²) in [5.41, 5.74) is 4.29.